The molecule has 0 aliphatic carbocycles. The van der Waals surface area contributed by atoms with Crippen molar-refractivity contribution in [1.82, 2.24) is 0 Å². The van der Waals surface area contributed by atoms with E-state index in [4.69, 9.17) is 9.47 Å². The number of hydrogen-bond donors (Lipinski definition) is 2. The van der Waals surface area contributed by atoms with Gasteiger partial charge in [-0.3, -0.25) is 9.59 Å². The lowest BCUT2D eigenvalue weighted by Crippen LogP contribution is -2.20. The predicted octanol–water partition coefficient (Wildman–Crippen LogP) is 5.39. The van der Waals surface area contributed by atoms with Crippen LogP contribution in [0.15, 0.2) is 72.3 Å². The van der Waals surface area contributed by atoms with Crippen LogP contribution in [0.1, 0.15) is 12.5 Å². The third-order valence-electron chi connectivity index (χ3n) is 4.52. The Bertz CT molecular complexity index is 1270. The van der Waals surface area contributed by atoms with Crippen LogP contribution >= 0.6 is 22.6 Å². The molecule has 0 spiro atoms. The molecule has 9 heteroatoms. The maximum atomic E-state index is 13.1. The first kappa shape index (κ1) is 25.7. The van der Waals surface area contributed by atoms with Crippen molar-refractivity contribution in [2.75, 3.05) is 23.8 Å². The summed E-state index contributed by atoms with van der Waals surface area (Å²) in [5, 5.41) is 14.8. The molecule has 0 saturated heterocycles. The number of para-hydroxylation sites is 1. The normalized spacial score (nSPS) is 10.7. The van der Waals surface area contributed by atoms with E-state index >= 15 is 0 Å². The highest BCUT2D eigenvalue weighted by molar-refractivity contribution is 14.1. The number of nitrogens with one attached hydrogen (secondary N) is 2. The summed E-state index contributed by atoms with van der Waals surface area (Å²) in [6.07, 6.45) is 1.41. The van der Waals surface area contributed by atoms with Crippen molar-refractivity contribution in [1.29, 1.82) is 5.26 Å². The van der Waals surface area contributed by atoms with Crippen LogP contribution in [-0.2, 0) is 9.59 Å². The van der Waals surface area contributed by atoms with Crippen molar-refractivity contribution >= 4 is 51.9 Å². The van der Waals surface area contributed by atoms with E-state index in [0.717, 1.165) is 0 Å². The summed E-state index contributed by atoms with van der Waals surface area (Å²) >= 11 is 2.03. The van der Waals surface area contributed by atoms with Crippen molar-refractivity contribution < 1.29 is 23.5 Å². The van der Waals surface area contributed by atoms with Crippen LogP contribution in [0.5, 0.6) is 11.5 Å². The monoisotopic (exact) mass is 585 g/mol. The molecule has 3 aromatic carbocycles. The number of benzene rings is 3. The zero-order valence-electron chi connectivity index (χ0n) is 18.7. The average Bonchev–Trinajstić information content (AvgIpc) is 2.84. The summed E-state index contributed by atoms with van der Waals surface area (Å²) in [5.41, 5.74) is 1.40. The maximum absolute atomic E-state index is 13.1. The lowest BCUT2D eigenvalue weighted by atomic mass is 10.1. The molecule has 2 amide bonds. The molecule has 0 aliphatic heterocycles. The summed E-state index contributed by atoms with van der Waals surface area (Å²) in [6, 6.07) is 19.4. The van der Waals surface area contributed by atoms with E-state index in [1.807, 2.05) is 46.9 Å². The molecule has 7 nitrogen and oxygen atoms in total. The fourth-order valence-corrected chi connectivity index (χ4v) is 3.76. The van der Waals surface area contributed by atoms with Crippen LogP contribution in [0.3, 0.4) is 0 Å². The van der Waals surface area contributed by atoms with Gasteiger partial charge in [-0.2, -0.15) is 5.26 Å². The highest BCUT2D eigenvalue weighted by atomic mass is 127. The third-order valence-corrected chi connectivity index (χ3v) is 5.32. The maximum Gasteiger partial charge on any atom is 0.266 e. The molecular weight excluding hydrogens is 564 g/mol. The van der Waals surface area contributed by atoms with E-state index in [1.165, 1.54) is 30.3 Å². The van der Waals surface area contributed by atoms with E-state index in [2.05, 4.69) is 10.6 Å². The number of nitrogens with zero attached hydrogens (tertiary/aromatic N) is 1. The fourth-order valence-electron chi connectivity index (χ4n) is 2.98. The van der Waals surface area contributed by atoms with Crippen molar-refractivity contribution in [2.24, 2.45) is 0 Å². The SMILES string of the molecule is CCOc1cc(/C=C(\C#N)C(=O)Nc2ccc(F)cc2)cc(I)c1OCC(=O)Nc1ccccc1. The van der Waals surface area contributed by atoms with Gasteiger partial charge in [0.1, 0.15) is 17.5 Å². The number of nitriles is 1. The Balaban J connectivity index is 1.77. The van der Waals surface area contributed by atoms with Crippen molar-refractivity contribution in [3.63, 3.8) is 0 Å². The first-order valence-electron chi connectivity index (χ1n) is 10.5. The van der Waals surface area contributed by atoms with Crippen LogP contribution < -0.4 is 20.1 Å². The number of anilines is 2. The standard InChI is InChI=1S/C26H21FIN3O4/c1-2-34-23-14-17(12-18(15-29)26(33)31-21-10-8-19(27)9-11-21)13-22(28)25(23)35-16-24(32)30-20-6-4-3-5-7-20/h3-14H,2,16H2,1H3,(H,30,32)(H,31,33)/b18-12+. The molecule has 3 rings (SSSR count). The Labute approximate surface area is 215 Å². The average molecular weight is 585 g/mol. The number of rotatable bonds is 9. The second-order valence-electron chi connectivity index (χ2n) is 7.10. The number of amides is 2. The van der Waals surface area contributed by atoms with E-state index in [9.17, 15) is 19.2 Å². The molecule has 0 bridgehead atoms. The molecule has 0 atom stereocenters. The Morgan fingerprint density at radius 1 is 1.03 bits per heavy atom. The molecule has 0 radical (unpaired) electrons. The van der Waals surface area contributed by atoms with Gasteiger partial charge in [0.2, 0.25) is 0 Å². The lowest BCUT2D eigenvalue weighted by Gasteiger charge is -2.15. The van der Waals surface area contributed by atoms with Gasteiger partial charge in [0.25, 0.3) is 11.8 Å². The molecule has 0 heterocycles. The van der Waals surface area contributed by atoms with Gasteiger partial charge in [0.05, 0.1) is 10.2 Å². The van der Waals surface area contributed by atoms with E-state index in [-0.39, 0.29) is 18.1 Å². The van der Waals surface area contributed by atoms with E-state index in [1.54, 1.807) is 31.2 Å². The highest BCUT2D eigenvalue weighted by Crippen LogP contribution is 2.35. The predicted molar refractivity (Wildman–Crippen MR) is 140 cm³/mol. The topological polar surface area (TPSA) is 100 Å². The van der Waals surface area contributed by atoms with E-state index in [0.29, 0.717) is 38.6 Å². The van der Waals surface area contributed by atoms with Crippen LogP contribution in [0.4, 0.5) is 15.8 Å². The van der Waals surface area contributed by atoms with Gasteiger partial charge in [-0.25, -0.2) is 4.39 Å². The first-order valence-corrected chi connectivity index (χ1v) is 11.6. The third kappa shape index (κ3) is 7.55. The Morgan fingerprint density at radius 2 is 1.71 bits per heavy atom. The van der Waals surface area contributed by atoms with E-state index < -0.39 is 11.7 Å². The summed E-state index contributed by atoms with van der Waals surface area (Å²) in [4.78, 5) is 24.8. The summed E-state index contributed by atoms with van der Waals surface area (Å²) in [6.45, 7) is 1.91. The molecule has 0 unspecified atom stereocenters. The van der Waals surface area contributed by atoms with Gasteiger partial charge in [0, 0.05) is 11.4 Å². The van der Waals surface area contributed by atoms with Crippen molar-refractivity contribution in [3.05, 3.63) is 87.3 Å². The quantitative estimate of drug-likeness (QED) is 0.199. The zero-order chi connectivity index (χ0) is 25.2. The van der Waals surface area contributed by atoms with Crippen LogP contribution in [0.25, 0.3) is 6.08 Å². The zero-order valence-corrected chi connectivity index (χ0v) is 20.8. The second kappa shape index (κ2) is 12.5. The van der Waals surface area contributed by atoms with Crippen LogP contribution in [0, 0.1) is 20.7 Å². The summed E-state index contributed by atoms with van der Waals surface area (Å²) < 4.78 is 25.1. The van der Waals surface area contributed by atoms with Gasteiger partial charge in [-0.05, 0) is 89.7 Å². The molecule has 2 N–H and O–H groups in total. The number of carbonyl (C=O) groups excluding carboxylic acids is 2. The molecule has 178 valence electrons. The smallest absolute Gasteiger partial charge is 0.266 e. The molecule has 0 fully saturated rings. The number of ether oxygens (including phenoxy) is 2. The van der Waals surface area contributed by atoms with Gasteiger partial charge >= 0.3 is 0 Å². The fraction of sp³-hybridized carbons (Fsp3) is 0.115. The minimum absolute atomic E-state index is 0.150. The van der Waals surface area contributed by atoms with Crippen LogP contribution in [-0.4, -0.2) is 25.0 Å². The Hall–Kier alpha value is -3.91. The minimum atomic E-state index is -0.634. The Morgan fingerprint density at radius 3 is 2.37 bits per heavy atom. The summed E-state index contributed by atoms with van der Waals surface area (Å²) in [7, 11) is 0. The number of carbonyl (C=O) groups is 2. The number of halogens is 2. The summed E-state index contributed by atoms with van der Waals surface area (Å²) in [5.74, 6) is -0.652. The van der Waals surface area contributed by atoms with Gasteiger partial charge in [0.15, 0.2) is 18.1 Å². The second-order valence-corrected chi connectivity index (χ2v) is 8.26. The molecule has 0 aromatic heterocycles. The number of hydrogen-bond acceptors (Lipinski definition) is 5. The first-order chi connectivity index (χ1) is 16.9. The van der Waals surface area contributed by atoms with Gasteiger partial charge < -0.3 is 20.1 Å². The van der Waals surface area contributed by atoms with Gasteiger partial charge in [-0.15, -0.1) is 0 Å². The molecule has 3 aromatic rings. The van der Waals surface area contributed by atoms with Gasteiger partial charge in [-0.1, -0.05) is 18.2 Å². The Kier molecular flexibility index (Phi) is 9.20. The molecule has 0 aliphatic rings. The highest BCUT2D eigenvalue weighted by Gasteiger charge is 2.16. The van der Waals surface area contributed by atoms with Crippen LogP contribution in [0.2, 0.25) is 0 Å². The molecular formula is C26H21FIN3O4. The molecule has 35 heavy (non-hydrogen) atoms. The van der Waals surface area contributed by atoms with Crippen molar-refractivity contribution in [2.45, 2.75) is 6.92 Å². The largest absolute Gasteiger partial charge is 0.490 e. The lowest BCUT2D eigenvalue weighted by molar-refractivity contribution is -0.118. The molecule has 0 saturated carbocycles. The minimum Gasteiger partial charge on any atom is -0.490 e. The van der Waals surface area contributed by atoms with Crippen molar-refractivity contribution in [3.8, 4) is 17.6 Å².